The van der Waals surface area contributed by atoms with E-state index in [1.54, 1.807) is 18.2 Å². The topological polar surface area (TPSA) is 38.3 Å². The number of carbonyl (C=O) groups is 1. The van der Waals surface area contributed by atoms with E-state index in [2.05, 4.69) is 21.2 Å². The molecule has 1 fully saturated rings. The van der Waals surface area contributed by atoms with Gasteiger partial charge in [0.2, 0.25) is 0 Å². The van der Waals surface area contributed by atoms with E-state index in [0.29, 0.717) is 23.0 Å². The van der Waals surface area contributed by atoms with Gasteiger partial charge in [-0.3, -0.25) is 4.79 Å². The number of amides is 1. The molecule has 1 aliphatic rings. The van der Waals surface area contributed by atoms with Gasteiger partial charge in [0.05, 0.1) is 6.10 Å². The Bertz CT molecular complexity index is 432. The second-order valence-electron chi connectivity index (χ2n) is 4.49. The minimum atomic E-state index is -0.0997. The van der Waals surface area contributed by atoms with E-state index in [0.717, 1.165) is 17.5 Å². The predicted octanol–water partition coefficient (Wildman–Crippen LogP) is 3.26. The Morgan fingerprint density at radius 1 is 1.56 bits per heavy atom. The van der Waals surface area contributed by atoms with Crippen LogP contribution in [0.4, 0.5) is 0 Å². The van der Waals surface area contributed by atoms with Gasteiger partial charge in [-0.25, -0.2) is 0 Å². The van der Waals surface area contributed by atoms with Crippen molar-refractivity contribution in [3.8, 4) is 0 Å². The van der Waals surface area contributed by atoms with Crippen LogP contribution in [0.1, 0.15) is 23.7 Å². The Morgan fingerprint density at radius 3 is 2.94 bits per heavy atom. The molecule has 1 aliphatic heterocycles. The van der Waals surface area contributed by atoms with Crippen LogP contribution in [0.2, 0.25) is 5.02 Å². The highest BCUT2D eigenvalue weighted by atomic mass is 79.9. The zero-order valence-corrected chi connectivity index (χ0v) is 12.4. The summed E-state index contributed by atoms with van der Waals surface area (Å²) in [5, 5.41) is 3.48. The number of rotatable bonds is 3. The maximum Gasteiger partial charge on any atom is 0.251 e. The van der Waals surface area contributed by atoms with Gasteiger partial charge in [0.25, 0.3) is 5.91 Å². The Hall–Kier alpha value is -0.580. The van der Waals surface area contributed by atoms with Crippen molar-refractivity contribution in [3.05, 3.63) is 33.3 Å². The monoisotopic (exact) mass is 331 g/mol. The smallest absolute Gasteiger partial charge is 0.251 e. The quantitative estimate of drug-likeness (QED) is 0.922. The molecule has 0 radical (unpaired) electrons. The second-order valence-corrected chi connectivity index (χ2v) is 5.84. The number of ether oxygens (including phenoxy) is 1. The Balaban J connectivity index is 1.95. The van der Waals surface area contributed by atoms with Crippen LogP contribution in [0.3, 0.4) is 0 Å². The summed E-state index contributed by atoms with van der Waals surface area (Å²) in [5.41, 5.74) is 0.570. The summed E-state index contributed by atoms with van der Waals surface area (Å²) in [6.45, 7) is 3.47. The van der Waals surface area contributed by atoms with Crippen LogP contribution in [-0.2, 0) is 4.74 Å². The normalized spacial score (nSPS) is 23.1. The van der Waals surface area contributed by atoms with Gasteiger partial charge >= 0.3 is 0 Å². The van der Waals surface area contributed by atoms with Gasteiger partial charge in [-0.05, 0) is 31.5 Å². The van der Waals surface area contributed by atoms with Crippen LogP contribution < -0.4 is 5.32 Å². The molecule has 0 spiro atoms. The van der Waals surface area contributed by atoms with Gasteiger partial charge in [0.15, 0.2) is 0 Å². The first-order chi connectivity index (χ1) is 8.56. The van der Waals surface area contributed by atoms with E-state index in [1.165, 1.54) is 0 Å². The lowest BCUT2D eigenvalue weighted by atomic mass is 10.0. The molecule has 1 aromatic rings. The van der Waals surface area contributed by atoms with Crippen LogP contribution in [0, 0.1) is 5.92 Å². The fourth-order valence-electron chi connectivity index (χ4n) is 2.05. The summed E-state index contributed by atoms with van der Waals surface area (Å²) in [4.78, 5) is 12.0. The molecule has 1 N–H and O–H groups in total. The lowest BCUT2D eigenvalue weighted by Crippen LogP contribution is -2.31. The summed E-state index contributed by atoms with van der Waals surface area (Å²) < 4.78 is 6.27. The lowest BCUT2D eigenvalue weighted by Gasteiger charge is -2.14. The molecule has 1 heterocycles. The van der Waals surface area contributed by atoms with Crippen molar-refractivity contribution in [1.29, 1.82) is 0 Å². The standard InChI is InChI=1S/C13H15BrClNO2/c1-8-9(2-3-18-8)7-16-13(17)10-4-11(14)6-12(15)5-10/h4-6,8-9H,2-3,7H2,1H3,(H,16,17). The van der Waals surface area contributed by atoms with Crippen LogP contribution in [0.25, 0.3) is 0 Å². The minimum absolute atomic E-state index is 0.0997. The van der Waals surface area contributed by atoms with Gasteiger partial charge in [-0.1, -0.05) is 27.5 Å². The summed E-state index contributed by atoms with van der Waals surface area (Å²) in [7, 11) is 0. The number of hydrogen-bond donors (Lipinski definition) is 1. The van der Waals surface area contributed by atoms with Crippen LogP contribution in [-0.4, -0.2) is 25.2 Å². The Morgan fingerprint density at radius 2 is 2.33 bits per heavy atom. The van der Waals surface area contributed by atoms with E-state index in [-0.39, 0.29) is 12.0 Å². The average Bonchev–Trinajstić information content (AvgIpc) is 2.70. The van der Waals surface area contributed by atoms with Crippen molar-refractivity contribution >= 4 is 33.4 Å². The molecule has 3 nitrogen and oxygen atoms in total. The Labute approximate surface area is 120 Å². The highest BCUT2D eigenvalue weighted by Gasteiger charge is 2.24. The molecule has 0 aliphatic carbocycles. The second kappa shape index (κ2) is 6.04. The molecule has 0 bridgehead atoms. The summed E-state index contributed by atoms with van der Waals surface area (Å²) in [6, 6.07) is 5.18. The molecule has 1 amide bonds. The number of benzene rings is 1. The number of halogens is 2. The third-order valence-electron chi connectivity index (χ3n) is 3.18. The fourth-order valence-corrected chi connectivity index (χ4v) is 2.92. The zero-order valence-electron chi connectivity index (χ0n) is 10.1. The SMILES string of the molecule is CC1OCCC1CNC(=O)c1cc(Cl)cc(Br)c1. The number of hydrogen-bond acceptors (Lipinski definition) is 2. The van der Waals surface area contributed by atoms with Gasteiger partial charge in [-0.2, -0.15) is 0 Å². The van der Waals surface area contributed by atoms with E-state index in [4.69, 9.17) is 16.3 Å². The molecular weight excluding hydrogens is 318 g/mol. The molecule has 0 saturated carbocycles. The molecule has 2 atom stereocenters. The lowest BCUT2D eigenvalue weighted by molar-refractivity contribution is 0.0907. The van der Waals surface area contributed by atoms with Crippen LogP contribution in [0.15, 0.2) is 22.7 Å². The third kappa shape index (κ3) is 3.46. The summed E-state index contributed by atoms with van der Waals surface area (Å²) in [6.07, 6.45) is 1.22. The molecule has 1 aromatic carbocycles. The third-order valence-corrected chi connectivity index (χ3v) is 3.86. The number of carbonyl (C=O) groups excluding carboxylic acids is 1. The minimum Gasteiger partial charge on any atom is -0.378 e. The number of nitrogens with one attached hydrogen (secondary N) is 1. The van der Waals surface area contributed by atoms with Crippen molar-refractivity contribution in [1.82, 2.24) is 5.32 Å². The molecule has 1 saturated heterocycles. The molecule has 2 unspecified atom stereocenters. The van der Waals surface area contributed by atoms with Crippen molar-refractivity contribution in [2.75, 3.05) is 13.2 Å². The molecular formula is C13H15BrClNO2. The van der Waals surface area contributed by atoms with E-state index in [1.807, 2.05) is 6.92 Å². The molecule has 0 aromatic heterocycles. The van der Waals surface area contributed by atoms with E-state index < -0.39 is 0 Å². The summed E-state index contributed by atoms with van der Waals surface area (Å²) in [5.74, 6) is 0.300. The van der Waals surface area contributed by atoms with Crippen molar-refractivity contribution in [2.24, 2.45) is 5.92 Å². The maximum atomic E-state index is 12.0. The van der Waals surface area contributed by atoms with Crippen molar-refractivity contribution in [3.63, 3.8) is 0 Å². The molecule has 98 valence electrons. The van der Waals surface area contributed by atoms with Crippen LogP contribution in [0.5, 0.6) is 0 Å². The highest BCUT2D eigenvalue weighted by molar-refractivity contribution is 9.10. The largest absolute Gasteiger partial charge is 0.378 e. The first kappa shape index (κ1) is 13.8. The van der Waals surface area contributed by atoms with Crippen LogP contribution >= 0.6 is 27.5 Å². The van der Waals surface area contributed by atoms with Gasteiger partial charge in [-0.15, -0.1) is 0 Å². The van der Waals surface area contributed by atoms with Gasteiger partial charge < -0.3 is 10.1 Å². The Kier molecular flexibility index (Phi) is 4.65. The molecule has 18 heavy (non-hydrogen) atoms. The van der Waals surface area contributed by atoms with Crippen molar-refractivity contribution in [2.45, 2.75) is 19.4 Å². The molecule has 5 heteroatoms. The fraction of sp³-hybridized carbons (Fsp3) is 0.462. The van der Waals surface area contributed by atoms with E-state index >= 15 is 0 Å². The summed E-state index contributed by atoms with van der Waals surface area (Å²) >= 11 is 9.24. The van der Waals surface area contributed by atoms with Crippen molar-refractivity contribution < 1.29 is 9.53 Å². The van der Waals surface area contributed by atoms with Gasteiger partial charge in [0.1, 0.15) is 0 Å². The first-order valence-corrected chi connectivity index (χ1v) is 7.09. The van der Waals surface area contributed by atoms with E-state index in [9.17, 15) is 4.79 Å². The molecule has 2 rings (SSSR count). The van der Waals surface area contributed by atoms with Gasteiger partial charge in [0, 0.05) is 34.1 Å². The average molecular weight is 333 g/mol. The highest BCUT2D eigenvalue weighted by Crippen LogP contribution is 2.21. The maximum absolute atomic E-state index is 12.0. The zero-order chi connectivity index (χ0) is 13.1. The first-order valence-electron chi connectivity index (χ1n) is 5.92. The predicted molar refractivity (Wildman–Crippen MR) is 75.0 cm³/mol.